The molecule has 2 aromatic carbocycles. The van der Waals surface area contributed by atoms with Crippen molar-refractivity contribution in [3.8, 4) is 0 Å². The van der Waals surface area contributed by atoms with E-state index in [9.17, 15) is 9.59 Å². The molecule has 1 aliphatic carbocycles. The molecule has 0 spiro atoms. The minimum absolute atomic E-state index is 0.0173. The number of aryl methyl sites for hydroxylation is 1. The Bertz CT molecular complexity index is 1080. The van der Waals surface area contributed by atoms with Crippen molar-refractivity contribution in [3.63, 3.8) is 0 Å². The first-order valence-electron chi connectivity index (χ1n) is 10.8. The van der Waals surface area contributed by atoms with Gasteiger partial charge in [0.15, 0.2) is 0 Å². The van der Waals surface area contributed by atoms with Crippen molar-refractivity contribution in [1.82, 2.24) is 14.8 Å². The van der Waals surface area contributed by atoms with E-state index in [4.69, 9.17) is 0 Å². The number of fused-ring (bicyclic) bond motifs is 1. The first kappa shape index (κ1) is 19.1. The Morgan fingerprint density at radius 2 is 1.73 bits per heavy atom. The molecule has 1 saturated heterocycles. The van der Waals surface area contributed by atoms with Crippen LogP contribution in [0.5, 0.6) is 0 Å². The number of nitrogens with zero attached hydrogens (tertiary/aromatic N) is 2. The van der Waals surface area contributed by atoms with Gasteiger partial charge in [0, 0.05) is 48.3 Å². The van der Waals surface area contributed by atoms with Gasteiger partial charge in [-0.1, -0.05) is 48.5 Å². The number of aromatic nitrogens is 1. The van der Waals surface area contributed by atoms with Gasteiger partial charge in [0.05, 0.1) is 5.56 Å². The number of aromatic amines is 1. The first-order valence-corrected chi connectivity index (χ1v) is 10.8. The molecule has 3 aromatic rings. The lowest BCUT2D eigenvalue weighted by molar-refractivity contribution is -0.131. The Kier molecular flexibility index (Phi) is 4.91. The van der Waals surface area contributed by atoms with Crippen LogP contribution in [0, 0.1) is 6.92 Å². The molecular formula is C25H27N3O2. The van der Waals surface area contributed by atoms with Crippen LogP contribution in [0.4, 0.5) is 0 Å². The molecule has 1 N–H and O–H groups in total. The van der Waals surface area contributed by atoms with E-state index >= 15 is 0 Å². The van der Waals surface area contributed by atoms with Gasteiger partial charge < -0.3 is 9.88 Å². The lowest BCUT2D eigenvalue weighted by Crippen LogP contribution is -2.57. The van der Waals surface area contributed by atoms with Crippen LogP contribution >= 0.6 is 0 Å². The smallest absolute Gasteiger partial charge is 0.295 e. The van der Waals surface area contributed by atoms with Gasteiger partial charge in [-0.2, -0.15) is 0 Å². The second-order valence-corrected chi connectivity index (χ2v) is 8.57. The Balaban J connectivity index is 1.43. The van der Waals surface area contributed by atoms with E-state index in [0.717, 1.165) is 36.1 Å². The van der Waals surface area contributed by atoms with Crippen molar-refractivity contribution < 1.29 is 9.59 Å². The maximum Gasteiger partial charge on any atom is 0.295 e. The Morgan fingerprint density at radius 1 is 1.00 bits per heavy atom. The average molecular weight is 402 g/mol. The van der Waals surface area contributed by atoms with E-state index in [2.05, 4.69) is 22.0 Å². The van der Waals surface area contributed by atoms with E-state index < -0.39 is 5.78 Å². The number of piperazine rings is 1. The third-order valence-electron chi connectivity index (χ3n) is 6.47. The van der Waals surface area contributed by atoms with Crippen LogP contribution in [-0.4, -0.2) is 58.2 Å². The van der Waals surface area contributed by atoms with Gasteiger partial charge in [-0.3, -0.25) is 14.5 Å². The van der Waals surface area contributed by atoms with Crippen LogP contribution in [0.25, 0.3) is 10.9 Å². The zero-order valence-corrected chi connectivity index (χ0v) is 17.3. The van der Waals surface area contributed by atoms with Crippen LogP contribution in [0.3, 0.4) is 0 Å². The van der Waals surface area contributed by atoms with Gasteiger partial charge in [-0.25, -0.2) is 0 Å². The Labute approximate surface area is 176 Å². The molecule has 1 aliphatic heterocycles. The molecule has 30 heavy (non-hydrogen) atoms. The molecule has 2 aliphatic rings. The number of carbonyl (C=O) groups excluding carboxylic acids is 2. The van der Waals surface area contributed by atoms with Crippen molar-refractivity contribution in [1.29, 1.82) is 0 Å². The lowest BCUT2D eigenvalue weighted by Gasteiger charge is -2.41. The molecule has 1 saturated carbocycles. The average Bonchev–Trinajstić information content (AvgIpc) is 3.56. The van der Waals surface area contributed by atoms with Crippen LogP contribution in [0.15, 0.2) is 54.6 Å². The topological polar surface area (TPSA) is 56.4 Å². The van der Waals surface area contributed by atoms with Gasteiger partial charge in [0.1, 0.15) is 0 Å². The highest BCUT2D eigenvalue weighted by Gasteiger charge is 2.39. The molecular weight excluding hydrogens is 374 g/mol. The molecule has 0 bridgehead atoms. The fourth-order valence-electron chi connectivity index (χ4n) is 4.79. The Hall–Kier alpha value is -2.92. The highest BCUT2D eigenvalue weighted by Crippen LogP contribution is 2.30. The zero-order chi connectivity index (χ0) is 20.7. The highest BCUT2D eigenvalue weighted by atomic mass is 16.2. The summed E-state index contributed by atoms with van der Waals surface area (Å²) in [6.07, 6.45) is 3.27. The maximum atomic E-state index is 13.4. The number of carbonyl (C=O) groups is 2. The first-order chi connectivity index (χ1) is 14.6. The summed E-state index contributed by atoms with van der Waals surface area (Å²) in [7, 11) is 0. The zero-order valence-electron chi connectivity index (χ0n) is 17.3. The van der Waals surface area contributed by atoms with Gasteiger partial charge in [0.2, 0.25) is 0 Å². The fourth-order valence-corrected chi connectivity index (χ4v) is 4.79. The summed E-state index contributed by atoms with van der Waals surface area (Å²) < 4.78 is 0. The molecule has 5 heteroatoms. The Morgan fingerprint density at radius 3 is 2.50 bits per heavy atom. The number of hydrogen-bond acceptors (Lipinski definition) is 3. The second kappa shape index (κ2) is 7.73. The van der Waals surface area contributed by atoms with Gasteiger partial charge in [0.25, 0.3) is 11.7 Å². The molecule has 1 aromatic heterocycles. The van der Waals surface area contributed by atoms with Crippen molar-refractivity contribution in [2.75, 3.05) is 19.6 Å². The van der Waals surface area contributed by atoms with Crippen molar-refractivity contribution in [2.45, 2.75) is 38.3 Å². The number of hydrogen-bond donors (Lipinski definition) is 1. The molecule has 1 unspecified atom stereocenters. The van der Waals surface area contributed by atoms with Gasteiger partial charge in [-0.05, 0) is 37.8 Å². The van der Waals surface area contributed by atoms with E-state index in [1.165, 1.54) is 18.4 Å². The summed E-state index contributed by atoms with van der Waals surface area (Å²) in [5.41, 5.74) is 3.36. The van der Waals surface area contributed by atoms with E-state index in [-0.39, 0.29) is 11.9 Å². The summed E-state index contributed by atoms with van der Waals surface area (Å²) in [6.45, 7) is 4.17. The number of benzene rings is 2. The second-order valence-electron chi connectivity index (χ2n) is 8.57. The quantitative estimate of drug-likeness (QED) is 0.525. The summed E-state index contributed by atoms with van der Waals surface area (Å²) in [4.78, 5) is 34.3. The maximum absolute atomic E-state index is 13.4. The number of nitrogens with one attached hydrogen (secondary N) is 1. The van der Waals surface area contributed by atoms with E-state index in [1.807, 2.05) is 54.3 Å². The summed E-state index contributed by atoms with van der Waals surface area (Å²) >= 11 is 0. The lowest BCUT2D eigenvalue weighted by atomic mass is 9.99. The molecule has 1 atom stereocenters. The van der Waals surface area contributed by atoms with Crippen LogP contribution in [0.1, 0.15) is 34.5 Å². The third kappa shape index (κ3) is 3.54. The fraction of sp³-hybridized carbons (Fsp3) is 0.360. The molecule has 154 valence electrons. The molecule has 2 fully saturated rings. The van der Waals surface area contributed by atoms with Crippen LogP contribution < -0.4 is 0 Å². The van der Waals surface area contributed by atoms with Crippen molar-refractivity contribution in [3.05, 3.63) is 71.4 Å². The van der Waals surface area contributed by atoms with E-state index in [1.54, 1.807) is 0 Å². The van der Waals surface area contributed by atoms with Crippen LogP contribution in [-0.2, 0) is 11.2 Å². The minimum atomic E-state index is -0.400. The molecule has 0 radical (unpaired) electrons. The molecule has 2 heterocycles. The summed E-state index contributed by atoms with van der Waals surface area (Å²) in [5.74, 6) is -0.776. The van der Waals surface area contributed by atoms with Crippen molar-refractivity contribution in [2.24, 2.45) is 0 Å². The van der Waals surface area contributed by atoms with Gasteiger partial charge >= 0.3 is 0 Å². The number of rotatable bonds is 5. The number of H-pyrrole nitrogens is 1. The molecule has 5 nitrogen and oxygen atoms in total. The number of amides is 1. The summed E-state index contributed by atoms with van der Waals surface area (Å²) in [5, 5.41) is 0.824. The monoisotopic (exact) mass is 401 g/mol. The standard InChI is InChI=1S/C25H27N3O2/c1-17-23(21-9-5-6-10-22(21)26-17)24(29)25(30)28-14-13-27(19-11-12-19)16-20(28)15-18-7-3-2-4-8-18/h2-10,19-20,26H,11-16H2,1H3. The number of para-hydroxylation sites is 1. The van der Waals surface area contributed by atoms with Crippen LogP contribution in [0.2, 0.25) is 0 Å². The van der Waals surface area contributed by atoms with E-state index in [0.29, 0.717) is 18.2 Å². The SMILES string of the molecule is Cc1[nH]c2ccccc2c1C(=O)C(=O)N1CCN(C2CC2)CC1Cc1ccccc1. The number of ketones is 1. The number of Topliss-reactive ketones (excluding diaryl/α,β-unsaturated/α-hetero) is 1. The minimum Gasteiger partial charge on any atom is -0.358 e. The molecule has 1 amide bonds. The third-order valence-corrected chi connectivity index (χ3v) is 6.47. The predicted molar refractivity (Wildman–Crippen MR) is 118 cm³/mol. The molecule has 5 rings (SSSR count). The summed E-state index contributed by atoms with van der Waals surface area (Å²) in [6, 6.07) is 18.6. The predicted octanol–water partition coefficient (Wildman–Crippen LogP) is 3.58. The van der Waals surface area contributed by atoms with Crippen molar-refractivity contribution >= 4 is 22.6 Å². The van der Waals surface area contributed by atoms with Gasteiger partial charge in [-0.15, -0.1) is 0 Å². The normalized spacial score (nSPS) is 19.9. The largest absolute Gasteiger partial charge is 0.358 e. The highest BCUT2D eigenvalue weighted by molar-refractivity contribution is 6.45.